The number of nitrogens with zero attached hydrogens (tertiary/aromatic N) is 4. The first kappa shape index (κ1) is 32.2. The molecule has 55 heavy (non-hydrogen) atoms. The second-order valence-corrected chi connectivity index (χ2v) is 14.3. The molecule has 0 aliphatic rings. The van der Waals surface area contributed by atoms with Gasteiger partial charge in [-0.15, -0.1) is 11.3 Å². The van der Waals surface area contributed by atoms with E-state index in [9.17, 15) is 25.5 Å². The summed E-state index contributed by atoms with van der Waals surface area (Å²) >= 11 is 1.66. The molecule has 0 atom stereocenters. The number of hydrogen-bond donors (Lipinski definition) is 5. The first-order valence-electron chi connectivity index (χ1n) is 17.4. The van der Waals surface area contributed by atoms with Gasteiger partial charge in [-0.1, -0.05) is 109 Å². The van der Waals surface area contributed by atoms with Crippen molar-refractivity contribution in [1.29, 1.82) is 0 Å². The predicted molar refractivity (Wildman–Crippen MR) is 217 cm³/mol. The van der Waals surface area contributed by atoms with Gasteiger partial charge in [0.2, 0.25) is 17.2 Å². The number of para-hydroxylation sites is 1. The van der Waals surface area contributed by atoms with Gasteiger partial charge in [0, 0.05) is 37.4 Å². The fraction of sp³-hybridized carbons (Fsp3) is 0. The summed E-state index contributed by atoms with van der Waals surface area (Å²) < 4.78 is 4.43. The van der Waals surface area contributed by atoms with Gasteiger partial charge in [-0.25, -0.2) is 15.0 Å². The van der Waals surface area contributed by atoms with Crippen LogP contribution in [0.1, 0.15) is 0 Å². The van der Waals surface area contributed by atoms with E-state index in [2.05, 4.69) is 99.5 Å². The second-order valence-electron chi connectivity index (χ2n) is 13.2. The van der Waals surface area contributed by atoms with Crippen LogP contribution in [-0.4, -0.2) is 45.1 Å². The van der Waals surface area contributed by atoms with Crippen LogP contribution in [-0.2, 0) is 0 Å². The fourth-order valence-electron chi connectivity index (χ4n) is 7.37. The molecule has 0 bridgehead atoms. The highest BCUT2D eigenvalue weighted by atomic mass is 32.1. The van der Waals surface area contributed by atoms with Crippen LogP contribution in [0.2, 0.25) is 0 Å². The molecule has 0 amide bonds. The number of fused-ring (bicyclic) bond motifs is 6. The maximum Gasteiger partial charge on any atom is 0.208 e. The van der Waals surface area contributed by atoms with Gasteiger partial charge in [-0.3, -0.25) is 0 Å². The topological polar surface area (TPSA) is 145 Å². The Balaban J connectivity index is 1.16. The largest absolute Gasteiger partial charge is 0.504 e. The molecule has 10 aromatic rings. The Labute approximate surface area is 316 Å². The molecule has 0 aliphatic heterocycles. The van der Waals surface area contributed by atoms with Crippen LogP contribution in [0.3, 0.4) is 0 Å². The summed E-state index contributed by atoms with van der Waals surface area (Å²) in [6, 6.07) is 47.0. The zero-order valence-electron chi connectivity index (χ0n) is 28.7. The molecule has 0 spiro atoms. The van der Waals surface area contributed by atoms with E-state index >= 15 is 0 Å². The lowest BCUT2D eigenvalue weighted by Crippen LogP contribution is -2.00. The molecule has 10 rings (SSSR count). The molecule has 0 unspecified atom stereocenters. The Hall–Kier alpha value is -7.43. The van der Waals surface area contributed by atoms with Crippen molar-refractivity contribution in [3.05, 3.63) is 140 Å². The van der Waals surface area contributed by atoms with E-state index in [1.807, 2.05) is 54.6 Å². The molecule has 264 valence electrons. The highest BCUT2D eigenvalue weighted by Crippen LogP contribution is 2.54. The van der Waals surface area contributed by atoms with Crippen LogP contribution in [0, 0.1) is 0 Å². The maximum atomic E-state index is 10.8. The molecule has 0 fully saturated rings. The number of hydrogen-bond acceptors (Lipinski definition) is 9. The van der Waals surface area contributed by atoms with E-state index in [1.165, 1.54) is 10.8 Å². The summed E-state index contributed by atoms with van der Waals surface area (Å²) in [5.41, 5.74) is 6.41. The summed E-state index contributed by atoms with van der Waals surface area (Å²) in [6.45, 7) is 0. The minimum absolute atomic E-state index is 0.218. The summed E-state index contributed by atoms with van der Waals surface area (Å²) in [5.74, 6) is -4.64. The SMILES string of the molecule is Oc1c(O)c(O)c(-c2nc(-c3ccccc3)nc(-c3ccc4c(c3)sc3c(-n5c6ccccc6c6cc(-c7ccccc7)ccc65)cccc34)n2)c(O)c1O. The van der Waals surface area contributed by atoms with Crippen molar-refractivity contribution in [2.45, 2.75) is 0 Å². The zero-order chi connectivity index (χ0) is 37.4. The fourth-order valence-corrected chi connectivity index (χ4v) is 8.62. The number of phenols is 5. The average Bonchev–Trinajstić information content (AvgIpc) is 3.78. The van der Waals surface area contributed by atoms with Crippen LogP contribution in [0.25, 0.3) is 93.0 Å². The monoisotopic (exact) mass is 736 g/mol. The predicted octanol–water partition coefficient (Wildman–Crippen LogP) is 10.5. The Morgan fingerprint density at radius 1 is 0.400 bits per heavy atom. The molecule has 0 aliphatic carbocycles. The number of thiophene rings is 1. The molecule has 5 N–H and O–H groups in total. The van der Waals surface area contributed by atoms with E-state index < -0.39 is 34.3 Å². The molecule has 3 heterocycles. The van der Waals surface area contributed by atoms with Gasteiger partial charge in [0.25, 0.3) is 0 Å². The van der Waals surface area contributed by atoms with Crippen molar-refractivity contribution in [2.75, 3.05) is 0 Å². The molecule has 10 heteroatoms. The average molecular weight is 737 g/mol. The van der Waals surface area contributed by atoms with Gasteiger partial charge in [0.1, 0.15) is 5.56 Å². The van der Waals surface area contributed by atoms with Crippen molar-refractivity contribution < 1.29 is 25.5 Å². The van der Waals surface area contributed by atoms with Gasteiger partial charge in [-0.2, -0.15) is 0 Å². The molecule has 7 aromatic carbocycles. The number of benzene rings is 7. The second kappa shape index (κ2) is 12.3. The third kappa shape index (κ3) is 5.03. The quantitative estimate of drug-likeness (QED) is 0.0867. The highest BCUT2D eigenvalue weighted by molar-refractivity contribution is 7.26. The number of phenolic OH excluding ortho intramolecular Hbond substituents is 5. The van der Waals surface area contributed by atoms with Crippen molar-refractivity contribution >= 4 is 53.3 Å². The first-order chi connectivity index (χ1) is 26.9. The van der Waals surface area contributed by atoms with E-state index in [-0.39, 0.29) is 17.5 Å². The van der Waals surface area contributed by atoms with Crippen molar-refractivity contribution in [3.63, 3.8) is 0 Å². The molecule has 0 radical (unpaired) electrons. The number of rotatable bonds is 5. The first-order valence-corrected chi connectivity index (χ1v) is 18.2. The van der Waals surface area contributed by atoms with Crippen molar-refractivity contribution in [2.24, 2.45) is 0 Å². The van der Waals surface area contributed by atoms with Gasteiger partial charge in [0.15, 0.2) is 29.0 Å². The maximum absolute atomic E-state index is 10.8. The summed E-state index contributed by atoms with van der Waals surface area (Å²) in [7, 11) is 0. The molecule has 9 nitrogen and oxygen atoms in total. The Morgan fingerprint density at radius 2 is 0.982 bits per heavy atom. The standard InChI is InChI=1S/C45H28N4O5S/c50-37-36(38(51)40(53)41(54)39(37)52)45-47-43(25-12-5-2-6-13-25)46-44(48-45)27-18-20-29-30-15-9-17-34(42(30)55-35(29)23-27)49-32-16-8-7-14-28(32)31-22-26(19-21-33(31)49)24-10-3-1-4-11-24/h1-23,50-54H. The molecule has 0 saturated carbocycles. The van der Waals surface area contributed by atoms with Crippen LogP contribution < -0.4 is 0 Å². The minimum atomic E-state index is -1.07. The molecular formula is C45H28N4O5S. The van der Waals surface area contributed by atoms with Crippen LogP contribution in [0.15, 0.2) is 140 Å². The normalized spacial score (nSPS) is 11.6. The van der Waals surface area contributed by atoms with E-state index in [1.54, 1.807) is 11.3 Å². The highest BCUT2D eigenvalue weighted by Gasteiger charge is 2.27. The summed E-state index contributed by atoms with van der Waals surface area (Å²) in [4.78, 5) is 13.9. The minimum Gasteiger partial charge on any atom is -0.504 e. The zero-order valence-corrected chi connectivity index (χ0v) is 29.5. The van der Waals surface area contributed by atoms with Gasteiger partial charge < -0.3 is 30.1 Å². The summed E-state index contributed by atoms with van der Waals surface area (Å²) in [5, 5.41) is 56.8. The van der Waals surface area contributed by atoms with Crippen LogP contribution in [0.4, 0.5) is 0 Å². The van der Waals surface area contributed by atoms with Crippen LogP contribution >= 0.6 is 11.3 Å². The lowest BCUT2D eigenvalue weighted by atomic mass is 10.0. The van der Waals surface area contributed by atoms with Crippen molar-refractivity contribution in [3.8, 4) is 79.7 Å². The Bertz CT molecular complexity index is 3130. The number of aromatic nitrogens is 4. The van der Waals surface area contributed by atoms with E-state index in [0.29, 0.717) is 11.1 Å². The van der Waals surface area contributed by atoms with Crippen LogP contribution in [0.5, 0.6) is 28.7 Å². The van der Waals surface area contributed by atoms with Gasteiger partial charge in [0.05, 0.1) is 21.4 Å². The van der Waals surface area contributed by atoms with Crippen molar-refractivity contribution in [1.82, 2.24) is 19.5 Å². The molecule has 0 saturated heterocycles. The third-order valence-corrected chi connectivity index (χ3v) is 11.2. The Morgan fingerprint density at radius 3 is 1.73 bits per heavy atom. The van der Waals surface area contributed by atoms with E-state index in [0.717, 1.165) is 48.0 Å². The lowest BCUT2D eigenvalue weighted by molar-refractivity contribution is 0.329. The molecule has 3 aromatic heterocycles. The van der Waals surface area contributed by atoms with Gasteiger partial charge in [-0.05, 0) is 41.5 Å². The summed E-state index contributed by atoms with van der Waals surface area (Å²) in [6.07, 6.45) is 0. The number of aromatic hydroxyl groups is 5. The smallest absolute Gasteiger partial charge is 0.208 e. The molecular weight excluding hydrogens is 709 g/mol. The Kier molecular flexibility index (Phi) is 7.23. The van der Waals surface area contributed by atoms with E-state index in [4.69, 9.17) is 4.98 Å². The third-order valence-electron chi connectivity index (χ3n) is 10.0. The van der Waals surface area contributed by atoms with Gasteiger partial charge >= 0.3 is 0 Å². The lowest BCUT2D eigenvalue weighted by Gasteiger charge is -2.13.